The van der Waals surface area contributed by atoms with E-state index in [1.807, 2.05) is 50.2 Å². The van der Waals surface area contributed by atoms with Gasteiger partial charge in [0.2, 0.25) is 5.95 Å². The topological polar surface area (TPSA) is 63.1 Å². The standard InChI is InChI=1S/C22H24ClN5O.2ClH/c1-15(2)28-21(29)13-19(17-7-9-24-10-8-17)26-22(28)27-12-11-25-20(14-27)16-3-5-18(23)6-4-16;;/h3-10,13,15,20,25H,11-12,14H2,1-2H3;2*1H/t20-;;/m1../s1. The Morgan fingerprint density at radius 1 is 1.10 bits per heavy atom. The van der Waals surface area contributed by atoms with Gasteiger partial charge in [0.15, 0.2) is 0 Å². The summed E-state index contributed by atoms with van der Waals surface area (Å²) in [6.45, 7) is 6.33. The van der Waals surface area contributed by atoms with Crippen LogP contribution in [0.5, 0.6) is 0 Å². The molecule has 0 aliphatic carbocycles. The fourth-order valence-corrected chi connectivity index (χ4v) is 3.83. The Balaban J connectivity index is 0.00000171. The maximum absolute atomic E-state index is 13.0. The van der Waals surface area contributed by atoms with Crippen LogP contribution in [0.2, 0.25) is 5.02 Å². The zero-order valence-corrected chi connectivity index (χ0v) is 19.8. The van der Waals surface area contributed by atoms with E-state index in [4.69, 9.17) is 16.6 Å². The average molecular weight is 483 g/mol. The van der Waals surface area contributed by atoms with E-state index in [1.165, 1.54) is 5.56 Å². The Labute approximate surface area is 199 Å². The third-order valence-electron chi connectivity index (χ3n) is 5.16. The third kappa shape index (κ3) is 5.57. The molecule has 1 aromatic carbocycles. The molecule has 1 aliphatic rings. The second kappa shape index (κ2) is 11.0. The summed E-state index contributed by atoms with van der Waals surface area (Å²) < 4.78 is 1.77. The van der Waals surface area contributed by atoms with Crippen molar-refractivity contribution in [3.8, 4) is 11.3 Å². The lowest BCUT2D eigenvalue weighted by atomic mass is 10.0. The molecule has 9 heteroatoms. The molecule has 1 aliphatic heterocycles. The van der Waals surface area contributed by atoms with Crippen LogP contribution in [0, 0.1) is 0 Å². The number of nitrogens with one attached hydrogen (secondary N) is 1. The number of rotatable bonds is 4. The Kier molecular flexibility index (Phi) is 8.89. The molecule has 1 N–H and O–H groups in total. The monoisotopic (exact) mass is 481 g/mol. The first-order valence-corrected chi connectivity index (χ1v) is 10.2. The maximum atomic E-state index is 13.0. The van der Waals surface area contributed by atoms with Gasteiger partial charge < -0.3 is 10.2 Å². The van der Waals surface area contributed by atoms with Crippen molar-refractivity contribution in [1.29, 1.82) is 0 Å². The van der Waals surface area contributed by atoms with Crippen LogP contribution >= 0.6 is 36.4 Å². The highest BCUT2D eigenvalue weighted by molar-refractivity contribution is 6.30. The minimum absolute atomic E-state index is 0. The number of piperazine rings is 1. The van der Waals surface area contributed by atoms with E-state index in [2.05, 4.69) is 15.2 Å². The van der Waals surface area contributed by atoms with Crippen molar-refractivity contribution in [2.24, 2.45) is 0 Å². The van der Waals surface area contributed by atoms with Gasteiger partial charge in [-0.25, -0.2) is 4.98 Å². The molecule has 3 heterocycles. The zero-order chi connectivity index (χ0) is 20.4. The molecule has 4 rings (SSSR count). The Bertz CT molecular complexity index is 1040. The van der Waals surface area contributed by atoms with Crippen molar-refractivity contribution in [3.63, 3.8) is 0 Å². The van der Waals surface area contributed by atoms with Gasteiger partial charge in [0.25, 0.3) is 5.56 Å². The summed E-state index contributed by atoms with van der Waals surface area (Å²) in [7, 11) is 0. The normalized spacial score (nSPS) is 15.9. The van der Waals surface area contributed by atoms with Gasteiger partial charge in [-0.15, -0.1) is 24.8 Å². The van der Waals surface area contributed by atoms with Crippen LogP contribution in [0.25, 0.3) is 11.3 Å². The molecular formula is C22H26Cl3N5O. The molecule has 31 heavy (non-hydrogen) atoms. The van der Waals surface area contributed by atoms with E-state index in [1.54, 1.807) is 23.0 Å². The van der Waals surface area contributed by atoms with Gasteiger partial charge >= 0.3 is 0 Å². The van der Waals surface area contributed by atoms with E-state index in [-0.39, 0.29) is 42.5 Å². The summed E-state index contributed by atoms with van der Waals surface area (Å²) in [4.78, 5) is 24.1. The van der Waals surface area contributed by atoms with E-state index >= 15 is 0 Å². The van der Waals surface area contributed by atoms with Gasteiger partial charge in [-0.1, -0.05) is 23.7 Å². The lowest BCUT2D eigenvalue weighted by molar-refractivity contribution is 0.452. The van der Waals surface area contributed by atoms with Crippen molar-refractivity contribution >= 4 is 42.4 Å². The summed E-state index contributed by atoms with van der Waals surface area (Å²) in [6, 6.07) is 13.4. The Morgan fingerprint density at radius 2 is 1.77 bits per heavy atom. The molecule has 1 fully saturated rings. The van der Waals surface area contributed by atoms with Crippen molar-refractivity contribution in [1.82, 2.24) is 19.9 Å². The predicted octanol–water partition coefficient (Wildman–Crippen LogP) is 4.53. The summed E-state index contributed by atoms with van der Waals surface area (Å²) in [5.41, 5.74) is 2.69. The van der Waals surface area contributed by atoms with Gasteiger partial charge in [0.1, 0.15) is 0 Å². The smallest absolute Gasteiger partial charge is 0.255 e. The molecule has 0 bridgehead atoms. The average Bonchev–Trinajstić information content (AvgIpc) is 2.74. The first-order chi connectivity index (χ1) is 14.0. The molecule has 3 aromatic rings. The Hall–Kier alpha value is -2.12. The van der Waals surface area contributed by atoms with Gasteiger partial charge in [0, 0.05) is 60.8 Å². The number of pyridine rings is 1. The van der Waals surface area contributed by atoms with E-state index < -0.39 is 0 Å². The quantitative estimate of drug-likeness (QED) is 0.592. The van der Waals surface area contributed by atoms with E-state index in [0.717, 1.165) is 30.2 Å². The number of benzene rings is 1. The SMILES string of the molecule is CC(C)n1c(N2CCN[C@@H](c3ccc(Cl)cc3)C2)nc(-c2ccncc2)cc1=O.Cl.Cl. The zero-order valence-electron chi connectivity index (χ0n) is 17.4. The molecule has 0 amide bonds. The highest BCUT2D eigenvalue weighted by Gasteiger charge is 2.25. The molecule has 6 nitrogen and oxygen atoms in total. The summed E-state index contributed by atoms with van der Waals surface area (Å²) in [5.74, 6) is 0.708. The minimum atomic E-state index is -0.0432. The van der Waals surface area contributed by atoms with Crippen LogP contribution in [0.3, 0.4) is 0 Å². The second-order valence-corrected chi connectivity index (χ2v) is 7.92. The molecule has 0 spiro atoms. The van der Waals surface area contributed by atoms with Crippen LogP contribution in [-0.4, -0.2) is 34.2 Å². The first kappa shape index (κ1) is 25.1. The molecule has 166 valence electrons. The molecule has 0 unspecified atom stereocenters. The number of hydrogen-bond donors (Lipinski definition) is 1. The van der Waals surface area contributed by atoms with Crippen molar-refractivity contribution in [2.75, 3.05) is 24.5 Å². The van der Waals surface area contributed by atoms with Crippen LogP contribution in [0.1, 0.15) is 31.5 Å². The number of anilines is 1. The molecule has 1 saturated heterocycles. The number of halogens is 3. The highest BCUT2D eigenvalue weighted by atomic mass is 35.5. The largest absolute Gasteiger partial charge is 0.339 e. The lowest BCUT2D eigenvalue weighted by Gasteiger charge is -2.36. The number of hydrogen-bond acceptors (Lipinski definition) is 5. The third-order valence-corrected chi connectivity index (χ3v) is 5.41. The summed E-state index contributed by atoms with van der Waals surface area (Å²) in [5, 5.41) is 4.28. The maximum Gasteiger partial charge on any atom is 0.255 e. The van der Waals surface area contributed by atoms with Gasteiger partial charge in [-0.3, -0.25) is 14.3 Å². The number of nitrogens with zero attached hydrogens (tertiary/aromatic N) is 4. The van der Waals surface area contributed by atoms with E-state index in [9.17, 15) is 4.79 Å². The van der Waals surface area contributed by atoms with Crippen LogP contribution in [-0.2, 0) is 0 Å². The lowest BCUT2D eigenvalue weighted by Crippen LogP contribution is -2.48. The fraction of sp³-hybridized carbons (Fsp3) is 0.318. The van der Waals surface area contributed by atoms with Gasteiger partial charge in [0.05, 0.1) is 5.69 Å². The molecular weight excluding hydrogens is 457 g/mol. The molecule has 0 saturated carbocycles. The summed E-state index contributed by atoms with van der Waals surface area (Å²) >= 11 is 6.04. The van der Waals surface area contributed by atoms with Crippen molar-refractivity contribution < 1.29 is 0 Å². The number of aromatic nitrogens is 3. The first-order valence-electron chi connectivity index (χ1n) is 9.80. The predicted molar refractivity (Wildman–Crippen MR) is 131 cm³/mol. The highest BCUT2D eigenvalue weighted by Crippen LogP contribution is 2.25. The van der Waals surface area contributed by atoms with Crippen LogP contribution in [0.15, 0.2) is 59.7 Å². The van der Waals surface area contributed by atoms with Gasteiger partial charge in [-0.2, -0.15) is 0 Å². The Morgan fingerprint density at radius 3 is 2.42 bits per heavy atom. The molecule has 2 aromatic heterocycles. The van der Waals surface area contributed by atoms with Crippen LogP contribution < -0.4 is 15.8 Å². The fourth-order valence-electron chi connectivity index (χ4n) is 3.71. The molecule has 0 radical (unpaired) electrons. The molecule has 1 atom stereocenters. The van der Waals surface area contributed by atoms with E-state index in [0.29, 0.717) is 11.6 Å². The van der Waals surface area contributed by atoms with Gasteiger partial charge in [-0.05, 0) is 43.7 Å². The van der Waals surface area contributed by atoms with Crippen molar-refractivity contribution in [2.45, 2.75) is 25.9 Å². The summed E-state index contributed by atoms with van der Waals surface area (Å²) in [6.07, 6.45) is 3.43. The minimum Gasteiger partial charge on any atom is -0.339 e. The van der Waals surface area contributed by atoms with Crippen LogP contribution in [0.4, 0.5) is 5.95 Å². The second-order valence-electron chi connectivity index (χ2n) is 7.48. The van der Waals surface area contributed by atoms with Crippen molar-refractivity contribution in [3.05, 3.63) is 75.8 Å².